The highest BCUT2D eigenvalue weighted by Crippen LogP contribution is 2.41. The standard InChI is InChI=1S/C20H32N4O5/c1-21-8-10-22(11-9-21)16-4-6-23(7-5-16)17-14-19(28-2)18(24(26)27)15-20(17)29-13-3-12-25/h14-16,25H,3-13H2,1-2H3. The molecule has 1 aromatic rings. The van der Waals surface area contributed by atoms with Crippen molar-refractivity contribution in [2.24, 2.45) is 0 Å². The maximum absolute atomic E-state index is 11.4. The Morgan fingerprint density at radius 2 is 1.83 bits per heavy atom. The van der Waals surface area contributed by atoms with Crippen molar-refractivity contribution in [3.63, 3.8) is 0 Å². The van der Waals surface area contributed by atoms with Gasteiger partial charge in [0.15, 0.2) is 5.75 Å². The van der Waals surface area contributed by atoms with E-state index in [1.165, 1.54) is 13.2 Å². The molecule has 9 heteroatoms. The molecule has 2 fully saturated rings. The molecule has 2 saturated heterocycles. The number of likely N-dealkylation sites (N-methyl/N-ethyl adjacent to an activating group) is 1. The summed E-state index contributed by atoms with van der Waals surface area (Å²) in [6, 6.07) is 3.74. The minimum absolute atomic E-state index is 0.0179. The van der Waals surface area contributed by atoms with E-state index in [1.807, 2.05) is 0 Å². The fraction of sp³-hybridized carbons (Fsp3) is 0.700. The number of hydrogen-bond donors (Lipinski definition) is 1. The summed E-state index contributed by atoms with van der Waals surface area (Å²) in [7, 11) is 3.61. The minimum atomic E-state index is -0.457. The maximum atomic E-state index is 11.4. The molecule has 0 bridgehead atoms. The second kappa shape index (κ2) is 10.1. The molecule has 2 aliphatic rings. The molecule has 2 heterocycles. The van der Waals surface area contributed by atoms with E-state index in [9.17, 15) is 10.1 Å². The van der Waals surface area contributed by atoms with Crippen LogP contribution in [0.2, 0.25) is 0 Å². The van der Waals surface area contributed by atoms with E-state index in [1.54, 1.807) is 6.07 Å². The van der Waals surface area contributed by atoms with Crippen LogP contribution < -0.4 is 14.4 Å². The molecule has 0 radical (unpaired) electrons. The Balaban J connectivity index is 1.73. The number of anilines is 1. The van der Waals surface area contributed by atoms with Crippen molar-refractivity contribution in [2.45, 2.75) is 25.3 Å². The Hall–Kier alpha value is -2.10. The molecule has 0 saturated carbocycles. The SMILES string of the molecule is COc1cc(N2CCC(N3CCN(C)CC3)CC2)c(OCCCO)cc1[N+](=O)[O-]. The summed E-state index contributed by atoms with van der Waals surface area (Å²) in [5.74, 6) is 0.713. The van der Waals surface area contributed by atoms with Crippen LogP contribution in [0.5, 0.6) is 11.5 Å². The van der Waals surface area contributed by atoms with Crippen molar-refractivity contribution < 1.29 is 19.5 Å². The zero-order valence-corrected chi connectivity index (χ0v) is 17.4. The van der Waals surface area contributed by atoms with E-state index in [0.29, 0.717) is 24.8 Å². The van der Waals surface area contributed by atoms with Crippen molar-refractivity contribution in [3.05, 3.63) is 22.2 Å². The number of rotatable bonds is 8. The maximum Gasteiger partial charge on any atom is 0.314 e. The highest BCUT2D eigenvalue weighted by molar-refractivity contribution is 5.68. The van der Waals surface area contributed by atoms with Crippen molar-refractivity contribution in [1.82, 2.24) is 9.80 Å². The average molecular weight is 408 g/mol. The van der Waals surface area contributed by atoms with Crippen molar-refractivity contribution in [2.75, 3.05) is 71.5 Å². The van der Waals surface area contributed by atoms with Crippen LogP contribution in [-0.2, 0) is 0 Å². The molecule has 0 amide bonds. The number of ether oxygens (including phenoxy) is 2. The molecule has 29 heavy (non-hydrogen) atoms. The lowest BCUT2D eigenvalue weighted by Gasteiger charge is -2.42. The molecule has 0 aliphatic carbocycles. The van der Waals surface area contributed by atoms with Crippen LogP contribution in [-0.4, -0.2) is 92.5 Å². The second-order valence-electron chi connectivity index (χ2n) is 7.73. The first-order valence-electron chi connectivity index (χ1n) is 10.3. The highest BCUT2D eigenvalue weighted by atomic mass is 16.6. The van der Waals surface area contributed by atoms with Crippen LogP contribution in [0.4, 0.5) is 11.4 Å². The van der Waals surface area contributed by atoms with E-state index in [-0.39, 0.29) is 18.0 Å². The lowest BCUT2D eigenvalue weighted by molar-refractivity contribution is -0.385. The number of aliphatic hydroxyl groups is 1. The van der Waals surface area contributed by atoms with Gasteiger partial charge in [0, 0.05) is 64.4 Å². The first-order valence-corrected chi connectivity index (χ1v) is 10.3. The third-order valence-corrected chi connectivity index (χ3v) is 5.88. The van der Waals surface area contributed by atoms with Gasteiger partial charge in [-0.1, -0.05) is 0 Å². The Bertz CT molecular complexity index is 686. The lowest BCUT2D eigenvalue weighted by atomic mass is 10.0. The number of piperidine rings is 1. The van der Waals surface area contributed by atoms with Crippen LogP contribution in [0.3, 0.4) is 0 Å². The molecule has 3 rings (SSSR count). The van der Waals surface area contributed by atoms with Gasteiger partial charge < -0.3 is 24.4 Å². The Morgan fingerprint density at radius 3 is 2.41 bits per heavy atom. The normalized spacial score (nSPS) is 19.3. The third kappa shape index (κ3) is 5.29. The lowest BCUT2D eigenvalue weighted by Crippen LogP contribution is -2.52. The van der Waals surface area contributed by atoms with E-state index in [2.05, 4.69) is 21.7 Å². The van der Waals surface area contributed by atoms with Gasteiger partial charge in [0.2, 0.25) is 0 Å². The van der Waals surface area contributed by atoms with Crippen LogP contribution in [0.1, 0.15) is 19.3 Å². The van der Waals surface area contributed by atoms with Gasteiger partial charge in [-0.05, 0) is 19.9 Å². The Labute approximate surface area is 171 Å². The molecule has 1 N–H and O–H groups in total. The summed E-state index contributed by atoms with van der Waals surface area (Å²) in [4.78, 5) is 18.1. The van der Waals surface area contributed by atoms with Crippen LogP contribution in [0, 0.1) is 10.1 Å². The smallest absolute Gasteiger partial charge is 0.314 e. The van der Waals surface area contributed by atoms with Gasteiger partial charge in [0.1, 0.15) is 5.75 Å². The topological polar surface area (TPSA) is 91.6 Å². The number of nitrogens with zero attached hydrogens (tertiary/aromatic N) is 4. The summed E-state index contributed by atoms with van der Waals surface area (Å²) in [6.45, 7) is 6.52. The zero-order valence-electron chi connectivity index (χ0n) is 17.4. The van der Waals surface area contributed by atoms with E-state index >= 15 is 0 Å². The van der Waals surface area contributed by atoms with Gasteiger partial charge >= 0.3 is 5.69 Å². The van der Waals surface area contributed by atoms with E-state index < -0.39 is 4.92 Å². The molecule has 9 nitrogen and oxygen atoms in total. The second-order valence-corrected chi connectivity index (χ2v) is 7.73. The zero-order chi connectivity index (χ0) is 20.8. The molecule has 0 aromatic heterocycles. The number of aliphatic hydroxyl groups excluding tert-OH is 1. The van der Waals surface area contributed by atoms with Crippen molar-refractivity contribution >= 4 is 11.4 Å². The van der Waals surface area contributed by atoms with E-state index in [4.69, 9.17) is 14.6 Å². The molecule has 0 atom stereocenters. The number of hydrogen-bond acceptors (Lipinski definition) is 8. The van der Waals surface area contributed by atoms with Crippen molar-refractivity contribution in [1.29, 1.82) is 0 Å². The van der Waals surface area contributed by atoms with Gasteiger partial charge in [0.05, 0.1) is 30.4 Å². The number of nitro groups is 1. The fourth-order valence-corrected chi connectivity index (χ4v) is 4.11. The molecule has 0 unspecified atom stereocenters. The average Bonchev–Trinajstić information content (AvgIpc) is 2.74. The first-order chi connectivity index (χ1) is 14.0. The number of benzene rings is 1. The first kappa shape index (κ1) is 21.6. The summed E-state index contributed by atoms with van der Waals surface area (Å²) < 4.78 is 11.1. The quantitative estimate of drug-likeness (QED) is 0.394. The van der Waals surface area contributed by atoms with Gasteiger partial charge in [0.25, 0.3) is 0 Å². The third-order valence-electron chi connectivity index (χ3n) is 5.88. The van der Waals surface area contributed by atoms with Crippen LogP contribution in [0.15, 0.2) is 12.1 Å². The monoisotopic (exact) mass is 408 g/mol. The summed E-state index contributed by atoms with van der Waals surface area (Å²) in [5, 5.41) is 20.4. The molecule has 2 aliphatic heterocycles. The summed E-state index contributed by atoms with van der Waals surface area (Å²) >= 11 is 0. The highest BCUT2D eigenvalue weighted by Gasteiger charge is 2.29. The molecule has 1 aromatic carbocycles. The predicted octanol–water partition coefficient (Wildman–Crippen LogP) is 1.58. The molecular formula is C20H32N4O5. The largest absolute Gasteiger partial charge is 0.491 e. The summed E-state index contributed by atoms with van der Waals surface area (Å²) in [6.07, 6.45) is 2.59. The van der Waals surface area contributed by atoms with Gasteiger partial charge in [-0.3, -0.25) is 15.0 Å². The van der Waals surface area contributed by atoms with Crippen LogP contribution >= 0.6 is 0 Å². The van der Waals surface area contributed by atoms with Crippen molar-refractivity contribution in [3.8, 4) is 11.5 Å². The Kier molecular flexibility index (Phi) is 7.51. The van der Waals surface area contributed by atoms with Gasteiger partial charge in [-0.15, -0.1) is 0 Å². The number of piperazine rings is 1. The number of methoxy groups -OCH3 is 1. The molecule has 0 spiro atoms. The molecular weight excluding hydrogens is 376 g/mol. The fourth-order valence-electron chi connectivity index (χ4n) is 4.11. The Morgan fingerprint density at radius 1 is 1.14 bits per heavy atom. The van der Waals surface area contributed by atoms with Gasteiger partial charge in [-0.2, -0.15) is 0 Å². The van der Waals surface area contributed by atoms with Gasteiger partial charge in [-0.25, -0.2) is 0 Å². The van der Waals surface area contributed by atoms with E-state index in [0.717, 1.165) is 57.8 Å². The number of nitro benzene ring substituents is 1. The molecule has 162 valence electrons. The predicted molar refractivity (Wildman–Crippen MR) is 111 cm³/mol. The minimum Gasteiger partial charge on any atom is -0.491 e. The van der Waals surface area contributed by atoms with Crippen LogP contribution in [0.25, 0.3) is 0 Å². The summed E-state index contributed by atoms with van der Waals surface area (Å²) in [5.41, 5.74) is 0.713.